The van der Waals surface area contributed by atoms with Crippen molar-refractivity contribution < 1.29 is 52.6 Å². The molecule has 0 spiro atoms. The molecule has 0 saturated carbocycles. The third kappa shape index (κ3) is 9.99. The van der Waals surface area contributed by atoms with Crippen molar-refractivity contribution in [1.82, 2.24) is 5.32 Å². The molecule has 2 aromatic rings. The molecule has 12 nitrogen and oxygen atoms in total. The normalized spacial score (nSPS) is 13.8. The standard InChI is InChI=1S/C25H31INO11P/c1-4-36-21(28)15-37-22-18(26)12-17(13-20(22)34-2)24(30)39(32,33)11-10-19(23(29)35-3)27-25(31)38-14-16-8-6-5-7-9-16/h5-9,12-13,19,24,30H,4,10-11,14-15H2,1-3H3,(H,27,31)(H,32,33)/t19-,24?/m0/s1. The predicted molar refractivity (Wildman–Crippen MR) is 148 cm³/mol. The van der Waals surface area contributed by atoms with Gasteiger partial charge in [0, 0.05) is 6.16 Å². The summed E-state index contributed by atoms with van der Waals surface area (Å²) in [6, 6.07) is 10.3. The second kappa shape index (κ2) is 15.7. The Morgan fingerprint density at radius 3 is 2.41 bits per heavy atom. The molecule has 39 heavy (non-hydrogen) atoms. The number of benzene rings is 2. The largest absolute Gasteiger partial charge is 0.493 e. The number of esters is 2. The van der Waals surface area contributed by atoms with Crippen LogP contribution in [0.2, 0.25) is 0 Å². The van der Waals surface area contributed by atoms with E-state index in [0.29, 0.717) is 3.57 Å². The molecule has 2 aromatic carbocycles. The molecule has 2 rings (SSSR count). The summed E-state index contributed by atoms with van der Waals surface area (Å²) in [5.41, 5.74) is 0.781. The zero-order valence-electron chi connectivity index (χ0n) is 21.6. The van der Waals surface area contributed by atoms with E-state index in [4.69, 9.17) is 23.7 Å². The number of alkyl carbamates (subject to hydrolysis) is 1. The quantitative estimate of drug-likeness (QED) is 0.116. The lowest BCUT2D eigenvalue weighted by atomic mass is 10.2. The minimum atomic E-state index is -4.34. The van der Waals surface area contributed by atoms with Gasteiger partial charge in [-0.05, 0) is 59.2 Å². The maximum absolute atomic E-state index is 13.1. The Kier molecular flexibility index (Phi) is 13.0. The van der Waals surface area contributed by atoms with Crippen LogP contribution >= 0.6 is 30.0 Å². The van der Waals surface area contributed by atoms with Crippen LogP contribution in [0.5, 0.6) is 11.5 Å². The summed E-state index contributed by atoms with van der Waals surface area (Å²) in [7, 11) is -1.89. The molecular formula is C25H31INO11P. The first-order valence-corrected chi connectivity index (χ1v) is 14.7. The van der Waals surface area contributed by atoms with E-state index in [9.17, 15) is 28.9 Å². The van der Waals surface area contributed by atoms with E-state index >= 15 is 0 Å². The van der Waals surface area contributed by atoms with Gasteiger partial charge in [-0.2, -0.15) is 0 Å². The monoisotopic (exact) mass is 679 g/mol. The minimum Gasteiger partial charge on any atom is -0.493 e. The maximum Gasteiger partial charge on any atom is 0.408 e. The molecule has 0 heterocycles. The second-order valence-electron chi connectivity index (χ2n) is 8.05. The zero-order valence-corrected chi connectivity index (χ0v) is 24.7. The lowest BCUT2D eigenvalue weighted by Crippen LogP contribution is -2.42. The number of amides is 1. The lowest BCUT2D eigenvalue weighted by molar-refractivity contribution is -0.145. The number of hydrogen-bond donors (Lipinski definition) is 3. The zero-order chi connectivity index (χ0) is 29.0. The first kappa shape index (κ1) is 32.3. The predicted octanol–water partition coefficient (Wildman–Crippen LogP) is 3.36. The van der Waals surface area contributed by atoms with E-state index in [1.54, 1.807) is 31.2 Å². The van der Waals surface area contributed by atoms with E-state index in [1.165, 1.54) is 19.2 Å². The molecule has 0 saturated heterocycles. The summed E-state index contributed by atoms with van der Waals surface area (Å²) in [5.74, 6) is -2.96. The van der Waals surface area contributed by atoms with E-state index in [0.717, 1.165) is 12.7 Å². The van der Waals surface area contributed by atoms with Gasteiger partial charge >= 0.3 is 18.0 Å². The molecular weight excluding hydrogens is 648 g/mol. The van der Waals surface area contributed by atoms with Crippen LogP contribution in [0.3, 0.4) is 0 Å². The number of ether oxygens (including phenoxy) is 5. The molecule has 214 valence electrons. The SMILES string of the molecule is CCOC(=O)COc1c(I)cc(C(O)P(=O)(O)CC[C@H](NC(=O)OCc2ccccc2)C(=O)OC)cc1OC. The number of methoxy groups -OCH3 is 2. The van der Waals surface area contributed by atoms with Crippen molar-refractivity contribution >= 4 is 48.0 Å². The maximum atomic E-state index is 13.1. The molecule has 1 amide bonds. The molecule has 2 unspecified atom stereocenters. The van der Waals surface area contributed by atoms with Crippen LogP contribution in [0.1, 0.15) is 30.3 Å². The van der Waals surface area contributed by atoms with Crippen molar-refractivity contribution in [1.29, 1.82) is 0 Å². The van der Waals surface area contributed by atoms with Crippen molar-refractivity contribution in [2.45, 2.75) is 31.8 Å². The smallest absolute Gasteiger partial charge is 0.408 e. The third-order valence-corrected chi connectivity index (χ3v) is 8.06. The van der Waals surface area contributed by atoms with Crippen molar-refractivity contribution in [3.8, 4) is 11.5 Å². The second-order valence-corrected chi connectivity index (χ2v) is 11.7. The van der Waals surface area contributed by atoms with Crippen molar-refractivity contribution in [2.24, 2.45) is 0 Å². The Morgan fingerprint density at radius 2 is 1.79 bits per heavy atom. The van der Waals surface area contributed by atoms with E-state index in [-0.39, 0.29) is 43.3 Å². The van der Waals surface area contributed by atoms with Crippen LogP contribution in [-0.2, 0) is 35.0 Å². The summed E-state index contributed by atoms with van der Waals surface area (Å²) >= 11 is 1.87. The number of hydrogen-bond acceptors (Lipinski definition) is 10. The van der Waals surface area contributed by atoms with Crippen LogP contribution in [0.4, 0.5) is 4.79 Å². The fourth-order valence-electron chi connectivity index (χ4n) is 3.33. The summed E-state index contributed by atoms with van der Waals surface area (Å²) in [6.45, 7) is 1.43. The average Bonchev–Trinajstić information content (AvgIpc) is 2.92. The average molecular weight is 679 g/mol. The molecule has 0 bridgehead atoms. The summed E-state index contributed by atoms with van der Waals surface area (Å²) < 4.78 is 38.9. The van der Waals surface area contributed by atoms with Gasteiger partial charge in [-0.1, -0.05) is 30.3 Å². The highest BCUT2D eigenvalue weighted by molar-refractivity contribution is 14.1. The summed E-state index contributed by atoms with van der Waals surface area (Å²) in [6.07, 6.45) is -1.76. The number of aliphatic hydroxyl groups excluding tert-OH is 1. The van der Waals surface area contributed by atoms with E-state index < -0.39 is 43.4 Å². The van der Waals surface area contributed by atoms with Gasteiger partial charge in [0.25, 0.3) is 0 Å². The van der Waals surface area contributed by atoms with E-state index in [1.807, 2.05) is 28.7 Å². The Hall–Kier alpha value is -2.87. The van der Waals surface area contributed by atoms with Crippen molar-refractivity contribution in [2.75, 3.05) is 33.6 Å². The Morgan fingerprint density at radius 1 is 1.10 bits per heavy atom. The molecule has 3 atom stereocenters. The lowest BCUT2D eigenvalue weighted by Gasteiger charge is -2.23. The first-order chi connectivity index (χ1) is 18.5. The fraction of sp³-hybridized carbons (Fsp3) is 0.400. The van der Waals surface area contributed by atoms with E-state index in [2.05, 4.69) is 5.32 Å². The number of nitrogens with one attached hydrogen (secondary N) is 1. The molecule has 0 aliphatic rings. The van der Waals surface area contributed by atoms with Gasteiger partial charge in [-0.3, -0.25) is 4.57 Å². The molecule has 14 heteroatoms. The van der Waals surface area contributed by atoms with Crippen molar-refractivity contribution in [3.05, 3.63) is 57.2 Å². The Balaban J connectivity index is 2.08. The fourth-order valence-corrected chi connectivity index (χ4v) is 5.60. The highest BCUT2D eigenvalue weighted by atomic mass is 127. The minimum absolute atomic E-state index is 0.0439. The Labute approximate surface area is 239 Å². The number of halogens is 1. The number of carbonyl (C=O) groups is 3. The van der Waals surface area contributed by atoms with Gasteiger partial charge in [-0.25, -0.2) is 14.4 Å². The third-order valence-electron chi connectivity index (χ3n) is 5.30. The topological polar surface area (TPSA) is 167 Å². The first-order valence-electron chi connectivity index (χ1n) is 11.7. The Bertz CT molecular complexity index is 1180. The van der Waals surface area contributed by atoms with Crippen LogP contribution < -0.4 is 14.8 Å². The highest BCUT2D eigenvalue weighted by Crippen LogP contribution is 2.55. The van der Waals surface area contributed by atoms with Crippen LogP contribution in [0.15, 0.2) is 42.5 Å². The molecule has 0 aromatic heterocycles. The van der Waals surface area contributed by atoms with Gasteiger partial charge in [0.15, 0.2) is 24.0 Å². The summed E-state index contributed by atoms with van der Waals surface area (Å²) in [5, 5.41) is 13.1. The van der Waals surface area contributed by atoms with Gasteiger partial charge in [0.2, 0.25) is 7.37 Å². The van der Waals surface area contributed by atoms with Crippen molar-refractivity contribution in [3.63, 3.8) is 0 Å². The molecule has 0 aliphatic carbocycles. The van der Waals surface area contributed by atoms with Crippen LogP contribution in [0.25, 0.3) is 0 Å². The number of aliphatic hydroxyl groups is 1. The van der Waals surface area contributed by atoms with Gasteiger partial charge in [0.05, 0.1) is 24.4 Å². The highest BCUT2D eigenvalue weighted by Gasteiger charge is 2.34. The van der Waals surface area contributed by atoms with Gasteiger partial charge in [-0.15, -0.1) is 0 Å². The summed E-state index contributed by atoms with van der Waals surface area (Å²) in [4.78, 5) is 46.7. The molecule has 0 radical (unpaired) electrons. The van der Waals surface area contributed by atoms with Gasteiger partial charge in [0.1, 0.15) is 12.6 Å². The van der Waals surface area contributed by atoms with Gasteiger partial charge < -0.3 is 39.0 Å². The molecule has 0 aliphatic heterocycles. The molecule has 3 N–H and O–H groups in total. The molecule has 0 fully saturated rings. The van der Waals surface area contributed by atoms with Crippen LogP contribution in [0, 0.1) is 3.57 Å². The number of rotatable bonds is 14. The number of carbonyl (C=O) groups excluding carboxylic acids is 3. The van der Waals surface area contributed by atoms with Crippen LogP contribution in [-0.4, -0.2) is 67.7 Å².